The van der Waals surface area contributed by atoms with Gasteiger partial charge in [0.25, 0.3) is 0 Å². The molecule has 0 aliphatic carbocycles. The standard InChI is InChI=1S/C7H16N2O2/c1-6(9(2)3)4-8-5-7(10)11/h6,8H,4-5H2,1-3H3,(H,10,11). The van der Waals surface area contributed by atoms with Crippen molar-refractivity contribution in [2.45, 2.75) is 13.0 Å². The fraction of sp³-hybridized carbons (Fsp3) is 0.857. The van der Waals surface area contributed by atoms with E-state index in [9.17, 15) is 4.79 Å². The van der Waals surface area contributed by atoms with Gasteiger partial charge in [-0.3, -0.25) is 4.79 Å². The molecular formula is C7H16N2O2. The van der Waals surface area contributed by atoms with Crippen molar-refractivity contribution in [2.75, 3.05) is 27.2 Å². The van der Waals surface area contributed by atoms with Gasteiger partial charge in [-0.25, -0.2) is 0 Å². The zero-order valence-corrected chi connectivity index (χ0v) is 7.29. The topological polar surface area (TPSA) is 52.6 Å². The largest absolute Gasteiger partial charge is 0.480 e. The Bertz CT molecular complexity index is 126. The highest BCUT2D eigenvalue weighted by molar-refractivity contribution is 5.68. The normalized spacial score (nSPS) is 13.5. The van der Waals surface area contributed by atoms with Gasteiger partial charge in [-0.1, -0.05) is 0 Å². The summed E-state index contributed by atoms with van der Waals surface area (Å²) in [5.41, 5.74) is 0. The van der Waals surface area contributed by atoms with Gasteiger partial charge in [0.2, 0.25) is 0 Å². The first-order chi connectivity index (χ1) is 5.04. The molecule has 0 radical (unpaired) electrons. The van der Waals surface area contributed by atoms with E-state index in [-0.39, 0.29) is 6.54 Å². The Morgan fingerprint density at radius 1 is 1.64 bits per heavy atom. The van der Waals surface area contributed by atoms with E-state index in [2.05, 4.69) is 5.32 Å². The molecule has 1 unspecified atom stereocenters. The predicted octanol–water partition coefficient (Wildman–Crippen LogP) is -0.389. The Balaban J connectivity index is 3.31. The molecule has 2 N–H and O–H groups in total. The lowest BCUT2D eigenvalue weighted by atomic mass is 10.3. The Morgan fingerprint density at radius 3 is 2.55 bits per heavy atom. The van der Waals surface area contributed by atoms with Crippen molar-refractivity contribution in [1.82, 2.24) is 10.2 Å². The van der Waals surface area contributed by atoms with E-state index in [0.717, 1.165) is 0 Å². The molecule has 4 heteroatoms. The van der Waals surface area contributed by atoms with Crippen molar-refractivity contribution in [3.63, 3.8) is 0 Å². The van der Waals surface area contributed by atoms with Crippen molar-refractivity contribution in [2.24, 2.45) is 0 Å². The highest BCUT2D eigenvalue weighted by atomic mass is 16.4. The summed E-state index contributed by atoms with van der Waals surface area (Å²) in [5.74, 6) is -0.809. The molecule has 0 saturated carbocycles. The Labute approximate surface area is 67.2 Å². The average molecular weight is 160 g/mol. The van der Waals surface area contributed by atoms with E-state index in [1.807, 2.05) is 25.9 Å². The number of carboxylic acids is 1. The van der Waals surface area contributed by atoms with E-state index in [4.69, 9.17) is 5.11 Å². The van der Waals surface area contributed by atoms with Gasteiger partial charge in [-0.05, 0) is 21.0 Å². The summed E-state index contributed by atoms with van der Waals surface area (Å²) < 4.78 is 0. The number of hydrogen-bond donors (Lipinski definition) is 2. The number of carbonyl (C=O) groups is 1. The highest BCUT2D eigenvalue weighted by Crippen LogP contribution is 1.87. The van der Waals surface area contributed by atoms with Crippen LogP contribution in [0, 0.1) is 0 Å². The fourth-order valence-corrected chi connectivity index (χ4v) is 0.571. The molecule has 0 spiro atoms. The molecule has 0 bridgehead atoms. The van der Waals surface area contributed by atoms with Crippen LogP contribution in [-0.4, -0.2) is 49.2 Å². The van der Waals surface area contributed by atoms with Gasteiger partial charge in [0.05, 0.1) is 6.54 Å². The van der Waals surface area contributed by atoms with E-state index in [1.54, 1.807) is 0 Å². The first-order valence-corrected chi connectivity index (χ1v) is 3.63. The highest BCUT2D eigenvalue weighted by Gasteiger charge is 2.03. The number of carboxylic acid groups (broad SMARTS) is 1. The molecule has 4 nitrogen and oxygen atoms in total. The van der Waals surface area contributed by atoms with Crippen LogP contribution in [0.1, 0.15) is 6.92 Å². The third-order valence-electron chi connectivity index (χ3n) is 1.60. The van der Waals surface area contributed by atoms with E-state index >= 15 is 0 Å². The molecule has 1 atom stereocenters. The van der Waals surface area contributed by atoms with Gasteiger partial charge >= 0.3 is 5.97 Å². The van der Waals surface area contributed by atoms with Crippen LogP contribution in [-0.2, 0) is 4.79 Å². The Hall–Kier alpha value is -0.610. The number of hydrogen-bond acceptors (Lipinski definition) is 3. The maximum absolute atomic E-state index is 10.1. The number of likely N-dealkylation sites (N-methyl/N-ethyl adjacent to an activating group) is 1. The molecule has 0 aliphatic heterocycles. The molecule has 0 amide bonds. The SMILES string of the molecule is CC(CNCC(=O)O)N(C)C. The quantitative estimate of drug-likeness (QED) is 0.575. The second-order valence-corrected chi connectivity index (χ2v) is 2.84. The number of rotatable bonds is 5. The fourth-order valence-electron chi connectivity index (χ4n) is 0.571. The Morgan fingerprint density at radius 2 is 2.18 bits per heavy atom. The maximum Gasteiger partial charge on any atom is 0.317 e. The molecule has 11 heavy (non-hydrogen) atoms. The van der Waals surface area contributed by atoms with Crippen LogP contribution in [0.2, 0.25) is 0 Å². The summed E-state index contributed by atoms with van der Waals surface area (Å²) in [4.78, 5) is 12.1. The van der Waals surface area contributed by atoms with Gasteiger partial charge < -0.3 is 15.3 Å². The van der Waals surface area contributed by atoms with Gasteiger partial charge in [0.1, 0.15) is 0 Å². The average Bonchev–Trinajstić information content (AvgIpc) is 1.86. The zero-order chi connectivity index (χ0) is 8.85. The van der Waals surface area contributed by atoms with Crippen LogP contribution in [0.4, 0.5) is 0 Å². The molecule has 0 aromatic rings. The number of nitrogens with zero attached hydrogens (tertiary/aromatic N) is 1. The summed E-state index contributed by atoms with van der Waals surface area (Å²) in [5, 5.41) is 11.1. The minimum atomic E-state index is -0.809. The minimum Gasteiger partial charge on any atom is -0.480 e. The van der Waals surface area contributed by atoms with Gasteiger partial charge in [-0.15, -0.1) is 0 Å². The van der Waals surface area contributed by atoms with Crippen LogP contribution >= 0.6 is 0 Å². The molecule has 0 heterocycles. The molecule has 66 valence electrons. The van der Waals surface area contributed by atoms with Crippen LogP contribution in [0.5, 0.6) is 0 Å². The van der Waals surface area contributed by atoms with Crippen molar-refractivity contribution >= 4 is 5.97 Å². The molecule has 0 saturated heterocycles. The summed E-state index contributed by atoms with van der Waals surface area (Å²) in [6, 6.07) is 0.370. The number of nitrogens with one attached hydrogen (secondary N) is 1. The Kier molecular flexibility index (Phi) is 4.81. The molecule has 0 aliphatic rings. The van der Waals surface area contributed by atoms with Crippen molar-refractivity contribution in [3.8, 4) is 0 Å². The lowest BCUT2D eigenvalue weighted by Crippen LogP contribution is -2.37. The monoisotopic (exact) mass is 160 g/mol. The molecule has 0 rings (SSSR count). The van der Waals surface area contributed by atoms with Gasteiger partial charge in [0, 0.05) is 12.6 Å². The minimum absolute atomic E-state index is 0.0399. The van der Waals surface area contributed by atoms with Crippen molar-refractivity contribution in [1.29, 1.82) is 0 Å². The van der Waals surface area contributed by atoms with Crippen molar-refractivity contribution in [3.05, 3.63) is 0 Å². The first kappa shape index (κ1) is 10.4. The first-order valence-electron chi connectivity index (χ1n) is 3.63. The van der Waals surface area contributed by atoms with Crippen LogP contribution in [0.15, 0.2) is 0 Å². The zero-order valence-electron chi connectivity index (χ0n) is 7.29. The molecular weight excluding hydrogens is 144 g/mol. The smallest absolute Gasteiger partial charge is 0.317 e. The van der Waals surface area contributed by atoms with Gasteiger partial charge in [-0.2, -0.15) is 0 Å². The van der Waals surface area contributed by atoms with E-state index in [1.165, 1.54) is 0 Å². The van der Waals surface area contributed by atoms with Crippen LogP contribution in [0.3, 0.4) is 0 Å². The molecule has 0 aromatic carbocycles. The summed E-state index contributed by atoms with van der Waals surface area (Å²) in [6.07, 6.45) is 0. The van der Waals surface area contributed by atoms with Gasteiger partial charge in [0.15, 0.2) is 0 Å². The van der Waals surface area contributed by atoms with Crippen LogP contribution in [0.25, 0.3) is 0 Å². The van der Waals surface area contributed by atoms with Crippen LogP contribution < -0.4 is 5.32 Å². The summed E-state index contributed by atoms with van der Waals surface area (Å²) in [7, 11) is 3.93. The number of aliphatic carboxylic acids is 1. The second-order valence-electron chi connectivity index (χ2n) is 2.84. The van der Waals surface area contributed by atoms with E-state index in [0.29, 0.717) is 12.6 Å². The molecule has 0 aromatic heterocycles. The van der Waals surface area contributed by atoms with Crippen molar-refractivity contribution < 1.29 is 9.90 Å². The third-order valence-corrected chi connectivity index (χ3v) is 1.60. The third kappa shape index (κ3) is 5.82. The summed E-state index contributed by atoms with van der Waals surface area (Å²) in [6.45, 7) is 2.78. The maximum atomic E-state index is 10.1. The van der Waals surface area contributed by atoms with E-state index < -0.39 is 5.97 Å². The molecule has 0 fully saturated rings. The lowest BCUT2D eigenvalue weighted by molar-refractivity contribution is -0.136. The lowest BCUT2D eigenvalue weighted by Gasteiger charge is -2.19. The predicted molar refractivity (Wildman–Crippen MR) is 43.7 cm³/mol. The summed E-state index contributed by atoms with van der Waals surface area (Å²) >= 11 is 0. The second kappa shape index (κ2) is 5.09.